The van der Waals surface area contributed by atoms with E-state index in [-0.39, 0.29) is 29.2 Å². The monoisotopic (exact) mass is 410 g/mol. The highest BCUT2D eigenvalue weighted by Crippen LogP contribution is 2.42. The number of pyridine rings is 1. The van der Waals surface area contributed by atoms with E-state index in [0.29, 0.717) is 31.7 Å². The summed E-state index contributed by atoms with van der Waals surface area (Å²) in [6.45, 7) is 3.98. The Balaban J connectivity index is 1.50. The summed E-state index contributed by atoms with van der Waals surface area (Å²) in [5.41, 5.74) is 1.24. The van der Waals surface area contributed by atoms with Crippen molar-refractivity contribution in [2.45, 2.75) is 18.4 Å². The highest BCUT2D eigenvalue weighted by molar-refractivity contribution is 5.94. The minimum atomic E-state index is -0.562. The van der Waals surface area contributed by atoms with E-state index >= 15 is 0 Å². The Morgan fingerprint density at radius 1 is 1.03 bits per heavy atom. The first-order valence-corrected chi connectivity index (χ1v) is 10.5. The number of fused-ring (bicyclic) bond motifs is 4. The zero-order chi connectivity index (χ0) is 20.8. The van der Waals surface area contributed by atoms with Crippen LogP contribution in [0.2, 0.25) is 0 Å². The SMILES string of the molecule is CN1CCN(C(=O)[C@H]2[C@@H]3C[C@@H](CN(C(=O)c4ccoc4)C3)c3cccc(=O)n32)CC1. The molecule has 3 atom stereocenters. The molecule has 5 heterocycles. The molecular formula is C22H26N4O4. The maximum atomic E-state index is 13.6. The summed E-state index contributed by atoms with van der Waals surface area (Å²) in [5, 5.41) is 0. The van der Waals surface area contributed by atoms with Crippen LogP contribution in [-0.4, -0.2) is 77.4 Å². The standard InChI is InChI=1S/C22H26N4O4/c1-23-6-8-24(9-7-23)22(29)20-17-11-16(18-3-2-4-19(27)26(18)20)12-25(13-17)21(28)15-5-10-30-14-15/h2-5,10,14,16-17,20H,6-9,11-13H2,1H3/t16-,17+,20+/m0/s1. The highest BCUT2D eigenvalue weighted by Gasteiger charge is 2.46. The van der Waals surface area contributed by atoms with Gasteiger partial charge < -0.3 is 19.1 Å². The second-order valence-corrected chi connectivity index (χ2v) is 8.65. The molecule has 3 aliphatic heterocycles. The van der Waals surface area contributed by atoms with Gasteiger partial charge in [-0.15, -0.1) is 0 Å². The fraction of sp³-hybridized carbons (Fsp3) is 0.500. The van der Waals surface area contributed by atoms with Crippen molar-refractivity contribution < 1.29 is 14.0 Å². The Labute approximate surface area is 174 Å². The number of furan rings is 1. The van der Waals surface area contributed by atoms with Crippen molar-refractivity contribution in [1.29, 1.82) is 0 Å². The van der Waals surface area contributed by atoms with E-state index in [0.717, 1.165) is 25.2 Å². The van der Waals surface area contributed by atoms with Crippen molar-refractivity contribution in [3.8, 4) is 0 Å². The number of likely N-dealkylation sites (tertiary alicyclic amines) is 1. The molecule has 0 N–H and O–H groups in total. The van der Waals surface area contributed by atoms with Gasteiger partial charge in [0.1, 0.15) is 12.3 Å². The number of piperazine rings is 1. The van der Waals surface area contributed by atoms with E-state index in [4.69, 9.17) is 4.42 Å². The van der Waals surface area contributed by atoms with Gasteiger partial charge in [-0.3, -0.25) is 19.0 Å². The van der Waals surface area contributed by atoms with Gasteiger partial charge in [0.2, 0.25) is 5.91 Å². The van der Waals surface area contributed by atoms with Gasteiger partial charge in [-0.25, -0.2) is 0 Å². The summed E-state index contributed by atoms with van der Waals surface area (Å²) >= 11 is 0. The largest absolute Gasteiger partial charge is 0.472 e. The van der Waals surface area contributed by atoms with Crippen molar-refractivity contribution in [1.82, 2.24) is 19.3 Å². The minimum absolute atomic E-state index is 0.00119. The second-order valence-electron chi connectivity index (χ2n) is 8.65. The molecule has 158 valence electrons. The highest BCUT2D eigenvalue weighted by atomic mass is 16.3. The Morgan fingerprint density at radius 3 is 2.57 bits per heavy atom. The molecule has 2 saturated heterocycles. The molecule has 0 spiro atoms. The Bertz CT molecular complexity index is 1010. The van der Waals surface area contributed by atoms with Crippen LogP contribution in [-0.2, 0) is 4.79 Å². The van der Waals surface area contributed by atoms with Gasteiger partial charge in [-0.2, -0.15) is 0 Å². The number of aromatic nitrogens is 1. The molecule has 8 heteroatoms. The number of likely N-dealkylation sites (N-methyl/N-ethyl adjacent to an activating group) is 1. The van der Waals surface area contributed by atoms with E-state index < -0.39 is 6.04 Å². The Hall–Kier alpha value is -2.87. The van der Waals surface area contributed by atoms with Gasteiger partial charge in [0, 0.05) is 62.9 Å². The van der Waals surface area contributed by atoms with Crippen LogP contribution in [0.4, 0.5) is 0 Å². The third-order valence-electron chi connectivity index (χ3n) is 6.77. The van der Waals surface area contributed by atoms with Crippen LogP contribution in [0.5, 0.6) is 0 Å². The minimum Gasteiger partial charge on any atom is -0.472 e. The van der Waals surface area contributed by atoms with E-state index in [9.17, 15) is 14.4 Å². The topological polar surface area (TPSA) is 79.0 Å². The third kappa shape index (κ3) is 3.15. The Morgan fingerprint density at radius 2 is 1.83 bits per heavy atom. The molecule has 2 aromatic rings. The van der Waals surface area contributed by atoms with Crippen LogP contribution < -0.4 is 5.56 Å². The Kier molecular flexibility index (Phi) is 4.73. The smallest absolute Gasteiger partial charge is 0.257 e. The predicted octanol–water partition coefficient (Wildman–Crippen LogP) is 1.02. The van der Waals surface area contributed by atoms with Crippen molar-refractivity contribution in [3.05, 3.63) is 58.4 Å². The maximum absolute atomic E-state index is 13.6. The molecule has 30 heavy (non-hydrogen) atoms. The lowest BCUT2D eigenvalue weighted by molar-refractivity contribution is -0.139. The number of carbonyl (C=O) groups is 2. The number of piperidine rings is 1. The van der Waals surface area contributed by atoms with Crippen LogP contribution in [0.3, 0.4) is 0 Å². The molecule has 3 aliphatic rings. The summed E-state index contributed by atoms with van der Waals surface area (Å²) in [6, 6.07) is 6.32. The molecule has 2 amide bonds. The zero-order valence-electron chi connectivity index (χ0n) is 17.1. The van der Waals surface area contributed by atoms with E-state index in [2.05, 4.69) is 4.90 Å². The third-order valence-corrected chi connectivity index (χ3v) is 6.77. The summed E-state index contributed by atoms with van der Waals surface area (Å²) < 4.78 is 6.79. The molecule has 2 fully saturated rings. The van der Waals surface area contributed by atoms with Crippen molar-refractivity contribution in [2.75, 3.05) is 46.3 Å². The molecule has 2 aromatic heterocycles. The molecule has 0 aromatic carbocycles. The van der Waals surface area contributed by atoms with Crippen molar-refractivity contribution in [3.63, 3.8) is 0 Å². The summed E-state index contributed by atoms with van der Waals surface area (Å²) in [5.74, 6) is -0.126. The summed E-state index contributed by atoms with van der Waals surface area (Å²) in [7, 11) is 2.05. The van der Waals surface area contributed by atoms with Crippen LogP contribution in [0.25, 0.3) is 0 Å². The number of rotatable bonds is 2. The number of hydrogen-bond donors (Lipinski definition) is 0. The second kappa shape index (κ2) is 7.43. The average molecular weight is 410 g/mol. The van der Waals surface area contributed by atoms with Gasteiger partial charge in [0.05, 0.1) is 11.8 Å². The van der Waals surface area contributed by atoms with Crippen LogP contribution in [0.1, 0.15) is 34.4 Å². The average Bonchev–Trinajstić information content (AvgIpc) is 3.29. The fourth-order valence-corrected chi connectivity index (χ4v) is 5.20. The number of amides is 2. The molecule has 0 unspecified atom stereocenters. The van der Waals surface area contributed by atoms with Crippen LogP contribution in [0.15, 0.2) is 46.0 Å². The van der Waals surface area contributed by atoms with E-state index in [1.807, 2.05) is 22.9 Å². The van der Waals surface area contributed by atoms with Crippen LogP contribution >= 0.6 is 0 Å². The molecule has 8 nitrogen and oxygen atoms in total. The first kappa shape index (κ1) is 19.1. The van der Waals surface area contributed by atoms with Crippen LogP contribution in [0, 0.1) is 5.92 Å². The first-order valence-electron chi connectivity index (χ1n) is 10.5. The van der Waals surface area contributed by atoms with Crippen molar-refractivity contribution >= 4 is 11.8 Å². The number of hydrogen-bond acceptors (Lipinski definition) is 5. The predicted molar refractivity (Wildman–Crippen MR) is 109 cm³/mol. The molecule has 2 bridgehead atoms. The molecule has 5 rings (SSSR count). The number of carbonyl (C=O) groups excluding carboxylic acids is 2. The first-order chi connectivity index (χ1) is 14.5. The van der Waals surface area contributed by atoms with Gasteiger partial charge in [0.15, 0.2) is 0 Å². The quantitative estimate of drug-likeness (QED) is 0.739. The number of nitrogens with zero attached hydrogens (tertiary/aromatic N) is 4. The van der Waals surface area contributed by atoms with Gasteiger partial charge in [-0.1, -0.05) is 6.07 Å². The van der Waals surface area contributed by atoms with Gasteiger partial charge in [0.25, 0.3) is 11.5 Å². The molecule has 0 saturated carbocycles. The maximum Gasteiger partial charge on any atom is 0.257 e. The normalized spacial score (nSPS) is 26.4. The fourth-order valence-electron chi connectivity index (χ4n) is 5.20. The van der Waals surface area contributed by atoms with E-state index in [1.54, 1.807) is 16.7 Å². The molecule has 0 radical (unpaired) electrons. The summed E-state index contributed by atoms with van der Waals surface area (Å²) in [6.07, 6.45) is 3.76. The van der Waals surface area contributed by atoms with Gasteiger partial charge >= 0.3 is 0 Å². The molecule has 0 aliphatic carbocycles. The van der Waals surface area contributed by atoms with Gasteiger partial charge in [-0.05, 0) is 25.6 Å². The van der Waals surface area contributed by atoms with E-state index in [1.165, 1.54) is 18.6 Å². The lowest BCUT2D eigenvalue weighted by atomic mass is 9.77. The molecular weight excluding hydrogens is 384 g/mol. The lowest BCUT2D eigenvalue weighted by Gasteiger charge is -2.47. The summed E-state index contributed by atoms with van der Waals surface area (Å²) in [4.78, 5) is 45.3. The van der Waals surface area contributed by atoms with Crippen molar-refractivity contribution in [2.24, 2.45) is 5.92 Å². The lowest BCUT2D eigenvalue weighted by Crippen LogP contribution is -2.57. The zero-order valence-corrected chi connectivity index (χ0v) is 17.1.